The minimum absolute atomic E-state index is 0.0197. The minimum Gasteiger partial charge on any atom is -0.321 e. The lowest BCUT2D eigenvalue weighted by molar-refractivity contribution is 0.102. The highest BCUT2D eigenvalue weighted by Crippen LogP contribution is 2.38. The number of hydrogen-bond donors (Lipinski definition) is 1. The Bertz CT molecular complexity index is 1060. The van der Waals surface area contributed by atoms with Crippen LogP contribution in [0.5, 0.6) is 0 Å². The molecule has 5 nitrogen and oxygen atoms in total. The summed E-state index contributed by atoms with van der Waals surface area (Å²) in [6.07, 6.45) is 7.90. The van der Waals surface area contributed by atoms with Gasteiger partial charge in [-0.3, -0.25) is 14.0 Å². The molecule has 0 saturated heterocycles. The van der Waals surface area contributed by atoms with Crippen LogP contribution in [0, 0.1) is 0 Å². The second kappa shape index (κ2) is 7.86. The van der Waals surface area contributed by atoms with Crippen LogP contribution >= 0.6 is 27.7 Å². The molecule has 1 saturated carbocycles. The van der Waals surface area contributed by atoms with Crippen LogP contribution in [-0.2, 0) is 0 Å². The second-order valence-electron chi connectivity index (χ2n) is 6.53. The number of carbonyl (C=O) groups excluding carboxylic acids is 1. The molecule has 4 rings (SSSR count). The number of nitrogens with one attached hydrogen (secondary N) is 1. The molecule has 0 atom stereocenters. The maximum atomic E-state index is 12.8. The Morgan fingerprint density at radius 3 is 2.78 bits per heavy atom. The number of aromatic nitrogens is 2. The van der Waals surface area contributed by atoms with E-state index in [9.17, 15) is 9.59 Å². The molecular weight excluding hydrogens is 426 g/mol. The number of hydrogen-bond acceptors (Lipinski definition) is 4. The fraction of sp³-hybridized carbons (Fsp3) is 0.250. The van der Waals surface area contributed by atoms with Crippen molar-refractivity contribution in [3.05, 3.63) is 69.2 Å². The van der Waals surface area contributed by atoms with E-state index in [2.05, 4.69) is 26.2 Å². The highest BCUT2D eigenvalue weighted by Gasteiger charge is 2.19. The van der Waals surface area contributed by atoms with Gasteiger partial charge in [-0.15, -0.1) is 11.8 Å². The average molecular weight is 444 g/mol. The van der Waals surface area contributed by atoms with E-state index in [-0.39, 0.29) is 11.1 Å². The number of amides is 1. The molecule has 0 spiro atoms. The van der Waals surface area contributed by atoms with Crippen LogP contribution in [0.2, 0.25) is 0 Å². The Balaban J connectivity index is 1.62. The molecule has 2 heterocycles. The second-order valence-corrected chi connectivity index (χ2v) is 8.79. The van der Waals surface area contributed by atoms with Gasteiger partial charge in [0.25, 0.3) is 11.5 Å². The lowest BCUT2D eigenvalue weighted by Gasteiger charge is -2.14. The van der Waals surface area contributed by atoms with Crippen molar-refractivity contribution in [2.24, 2.45) is 0 Å². The number of thioether (sulfide) groups is 1. The molecule has 1 aromatic carbocycles. The Labute approximate surface area is 169 Å². The normalized spacial score (nSPS) is 14.6. The molecule has 0 radical (unpaired) electrons. The van der Waals surface area contributed by atoms with Crippen LogP contribution in [0.1, 0.15) is 36.0 Å². The van der Waals surface area contributed by atoms with Gasteiger partial charge in [0.05, 0.1) is 5.69 Å². The maximum absolute atomic E-state index is 12.8. The Hall–Kier alpha value is -2.12. The van der Waals surface area contributed by atoms with Gasteiger partial charge in [0.1, 0.15) is 11.2 Å². The number of anilines is 1. The number of fused-ring (bicyclic) bond motifs is 1. The fourth-order valence-electron chi connectivity index (χ4n) is 3.25. The van der Waals surface area contributed by atoms with Crippen molar-refractivity contribution < 1.29 is 4.79 Å². The van der Waals surface area contributed by atoms with E-state index in [0.717, 1.165) is 15.1 Å². The zero-order valence-corrected chi connectivity index (χ0v) is 16.9. The lowest BCUT2D eigenvalue weighted by Crippen LogP contribution is -2.26. The van der Waals surface area contributed by atoms with Crippen molar-refractivity contribution in [3.8, 4) is 0 Å². The zero-order valence-electron chi connectivity index (χ0n) is 14.5. The third-order valence-corrected chi connectivity index (χ3v) is 6.53. The minimum atomic E-state index is -0.443. The molecular formula is C20H18BrN3O2S. The van der Waals surface area contributed by atoms with Crippen LogP contribution in [0.4, 0.5) is 5.69 Å². The molecule has 2 aromatic heterocycles. The number of benzene rings is 1. The summed E-state index contributed by atoms with van der Waals surface area (Å²) >= 11 is 5.15. The first-order valence-corrected chi connectivity index (χ1v) is 10.5. The van der Waals surface area contributed by atoms with Gasteiger partial charge in [-0.1, -0.05) is 25.0 Å². The predicted molar refractivity (Wildman–Crippen MR) is 112 cm³/mol. The monoisotopic (exact) mass is 443 g/mol. The van der Waals surface area contributed by atoms with E-state index < -0.39 is 5.91 Å². The van der Waals surface area contributed by atoms with E-state index in [1.165, 1.54) is 36.3 Å². The molecule has 0 aliphatic heterocycles. The molecule has 138 valence electrons. The number of para-hydroxylation sites is 1. The maximum Gasteiger partial charge on any atom is 0.270 e. The quantitative estimate of drug-likeness (QED) is 0.631. The topological polar surface area (TPSA) is 63.5 Å². The van der Waals surface area contributed by atoms with Gasteiger partial charge >= 0.3 is 0 Å². The van der Waals surface area contributed by atoms with Gasteiger partial charge in [-0.2, -0.15) is 0 Å². The van der Waals surface area contributed by atoms with Gasteiger partial charge in [0.15, 0.2) is 0 Å². The van der Waals surface area contributed by atoms with E-state index in [4.69, 9.17) is 0 Å². The Morgan fingerprint density at radius 2 is 1.96 bits per heavy atom. The van der Waals surface area contributed by atoms with Gasteiger partial charge in [0, 0.05) is 27.0 Å². The molecule has 3 aromatic rings. The summed E-state index contributed by atoms with van der Waals surface area (Å²) in [5.74, 6) is -0.443. The Morgan fingerprint density at radius 1 is 1.19 bits per heavy atom. The summed E-state index contributed by atoms with van der Waals surface area (Å²) < 4.78 is 2.12. The van der Waals surface area contributed by atoms with Crippen molar-refractivity contribution >= 4 is 44.9 Å². The molecule has 1 fully saturated rings. The van der Waals surface area contributed by atoms with E-state index in [1.54, 1.807) is 30.1 Å². The van der Waals surface area contributed by atoms with Crippen LogP contribution < -0.4 is 10.9 Å². The summed E-state index contributed by atoms with van der Waals surface area (Å²) in [4.78, 5) is 30.7. The van der Waals surface area contributed by atoms with Crippen LogP contribution in [0.15, 0.2) is 63.0 Å². The predicted octanol–water partition coefficient (Wildman–Crippen LogP) is 4.74. The Kier molecular flexibility index (Phi) is 5.31. The summed E-state index contributed by atoms with van der Waals surface area (Å²) in [6, 6.07) is 11.3. The van der Waals surface area contributed by atoms with Crippen molar-refractivity contribution in [1.82, 2.24) is 9.38 Å². The van der Waals surface area contributed by atoms with Gasteiger partial charge in [0.2, 0.25) is 0 Å². The van der Waals surface area contributed by atoms with Crippen molar-refractivity contribution in [3.63, 3.8) is 0 Å². The fourth-order valence-corrected chi connectivity index (χ4v) is 4.92. The highest BCUT2D eigenvalue weighted by molar-refractivity contribution is 9.10. The number of pyridine rings is 1. The van der Waals surface area contributed by atoms with Crippen molar-refractivity contribution in [1.29, 1.82) is 0 Å². The third kappa shape index (κ3) is 3.94. The standard InChI is InChI=1S/C20H18BrN3O2S/c21-13-9-10-18-22-11-15(20(26)24(18)12-13)19(25)23-16-7-3-4-8-17(16)27-14-5-1-2-6-14/h3-4,7-12,14H,1-2,5-6H2,(H,23,25). The first kappa shape index (κ1) is 18.3. The van der Waals surface area contributed by atoms with Crippen LogP contribution in [0.25, 0.3) is 5.65 Å². The van der Waals surface area contributed by atoms with Gasteiger partial charge in [-0.25, -0.2) is 4.98 Å². The summed E-state index contributed by atoms with van der Waals surface area (Å²) in [7, 11) is 0. The van der Waals surface area contributed by atoms with Crippen LogP contribution in [0.3, 0.4) is 0 Å². The van der Waals surface area contributed by atoms with Crippen molar-refractivity contribution in [2.45, 2.75) is 35.8 Å². The number of carbonyl (C=O) groups is 1. The average Bonchev–Trinajstić information content (AvgIpc) is 3.17. The molecule has 1 aliphatic rings. The third-order valence-electron chi connectivity index (χ3n) is 4.64. The summed E-state index contributed by atoms with van der Waals surface area (Å²) in [5.41, 5.74) is 0.862. The molecule has 7 heteroatoms. The smallest absolute Gasteiger partial charge is 0.270 e. The summed E-state index contributed by atoms with van der Waals surface area (Å²) in [6.45, 7) is 0. The van der Waals surface area contributed by atoms with E-state index in [1.807, 2.05) is 24.3 Å². The number of halogens is 1. The number of nitrogens with zero attached hydrogens (tertiary/aromatic N) is 2. The molecule has 1 N–H and O–H groups in total. The van der Waals surface area contributed by atoms with Crippen LogP contribution in [-0.4, -0.2) is 20.5 Å². The first-order chi connectivity index (χ1) is 13.1. The van der Waals surface area contributed by atoms with Gasteiger partial charge in [-0.05, 0) is 53.0 Å². The van der Waals surface area contributed by atoms with Gasteiger partial charge < -0.3 is 5.32 Å². The molecule has 0 unspecified atom stereocenters. The molecule has 0 bridgehead atoms. The highest BCUT2D eigenvalue weighted by atomic mass is 79.9. The van der Waals surface area contributed by atoms with Crippen molar-refractivity contribution in [2.75, 3.05) is 5.32 Å². The first-order valence-electron chi connectivity index (χ1n) is 8.86. The molecule has 1 aliphatic carbocycles. The zero-order chi connectivity index (χ0) is 18.8. The molecule has 27 heavy (non-hydrogen) atoms. The van der Waals surface area contributed by atoms with E-state index in [0.29, 0.717) is 10.9 Å². The molecule has 1 amide bonds. The number of rotatable bonds is 4. The van der Waals surface area contributed by atoms with E-state index >= 15 is 0 Å². The SMILES string of the molecule is O=C(Nc1ccccc1SC1CCCC1)c1cnc2ccc(Br)cn2c1=O. The summed E-state index contributed by atoms with van der Waals surface area (Å²) in [5, 5.41) is 3.49. The largest absolute Gasteiger partial charge is 0.321 e. The lowest BCUT2D eigenvalue weighted by atomic mass is 10.2.